The molecule has 0 aliphatic carbocycles. The molecule has 2 N–H and O–H groups in total. The lowest BCUT2D eigenvalue weighted by atomic mass is 10.3. The van der Waals surface area contributed by atoms with Gasteiger partial charge in [0.25, 0.3) is 5.91 Å². The average molecular weight is 322 g/mol. The van der Waals surface area contributed by atoms with E-state index in [1.165, 1.54) is 19.2 Å². The van der Waals surface area contributed by atoms with Crippen LogP contribution in [0.1, 0.15) is 16.3 Å². The Morgan fingerprint density at radius 2 is 2.04 bits per heavy atom. The van der Waals surface area contributed by atoms with Crippen LogP contribution in [0, 0.1) is 18.6 Å². The minimum absolute atomic E-state index is 0.0511. The number of hydrogen-bond acceptors (Lipinski definition) is 5. The first-order valence-electron chi connectivity index (χ1n) is 6.84. The molecule has 2 rings (SSSR count). The fraction of sp³-hybridized carbons (Fsp3) is 0.267. The minimum Gasteiger partial charge on any atom is -0.383 e. The molecular formula is C15H16F2N4O2. The summed E-state index contributed by atoms with van der Waals surface area (Å²) in [5.74, 6) is -1.25. The second-order valence-corrected chi connectivity index (χ2v) is 4.68. The number of amides is 1. The molecule has 1 amide bonds. The highest BCUT2D eigenvalue weighted by Crippen LogP contribution is 2.20. The van der Waals surface area contributed by atoms with Crippen molar-refractivity contribution in [1.29, 1.82) is 0 Å². The topological polar surface area (TPSA) is 76.1 Å². The highest BCUT2D eigenvalue weighted by atomic mass is 19.1. The predicted molar refractivity (Wildman–Crippen MR) is 80.6 cm³/mol. The van der Waals surface area contributed by atoms with Gasteiger partial charge in [0.2, 0.25) is 0 Å². The maximum Gasteiger partial charge on any atom is 0.270 e. The first-order chi connectivity index (χ1) is 11.0. The molecule has 0 spiro atoms. The summed E-state index contributed by atoms with van der Waals surface area (Å²) in [6.45, 7) is 2.33. The number of carbonyl (C=O) groups is 1. The SMILES string of the molecule is COCCNC(=O)c1cc(Nc2ccc(F)cc2F)nc(C)n1. The lowest BCUT2D eigenvalue weighted by Gasteiger charge is -2.10. The maximum absolute atomic E-state index is 13.7. The smallest absolute Gasteiger partial charge is 0.270 e. The first-order valence-corrected chi connectivity index (χ1v) is 6.84. The third-order valence-corrected chi connectivity index (χ3v) is 2.86. The summed E-state index contributed by atoms with van der Waals surface area (Å²) >= 11 is 0. The Bertz CT molecular complexity index is 710. The quantitative estimate of drug-likeness (QED) is 0.797. The van der Waals surface area contributed by atoms with E-state index in [1.54, 1.807) is 6.92 Å². The Kier molecular flexibility index (Phi) is 5.53. The number of nitrogens with zero attached hydrogens (tertiary/aromatic N) is 2. The van der Waals surface area contributed by atoms with Crippen LogP contribution in [0.4, 0.5) is 20.3 Å². The summed E-state index contributed by atoms with van der Waals surface area (Å²) in [6.07, 6.45) is 0. The van der Waals surface area contributed by atoms with Crippen LogP contribution < -0.4 is 10.6 Å². The van der Waals surface area contributed by atoms with Gasteiger partial charge < -0.3 is 15.4 Å². The summed E-state index contributed by atoms with van der Waals surface area (Å²) in [5.41, 5.74) is 0.189. The highest BCUT2D eigenvalue weighted by Gasteiger charge is 2.11. The monoisotopic (exact) mass is 322 g/mol. The molecule has 122 valence electrons. The van der Waals surface area contributed by atoms with E-state index in [4.69, 9.17) is 4.74 Å². The first kappa shape index (κ1) is 16.8. The van der Waals surface area contributed by atoms with Crippen molar-refractivity contribution in [2.45, 2.75) is 6.92 Å². The van der Waals surface area contributed by atoms with E-state index in [0.29, 0.717) is 19.0 Å². The van der Waals surface area contributed by atoms with Crippen molar-refractivity contribution >= 4 is 17.4 Å². The number of carbonyl (C=O) groups excluding carboxylic acids is 1. The molecule has 0 saturated heterocycles. The van der Waals surface area contributed by atoms with Crippen molar-refractivity contribution in [3.05, 3.63) is 47.4 Å². The molecule has 6 nitrogen and oxygen atoms in total. The van der Waals surface area contributed by atoms with Crippen molar-refractivity contribution in [2.24, 2.45) is 0 Å². The van der Waals surface area contributed by atoms with Crippen LogP contribution in [0.2, 0.25) is 0 Å². The number of anilines is 2. The third kappa shape index (κ3) is 4.68. The van der Waals surface area contributed by atoms with Crippen molar-refractivity contribution in [3.63, 3.8) is 0 Å². The van der Waals surface area contributed by atoms with Crippen LogP contribution in [0.15, 0.2) is 24.3 Å². The van der Waals surface area contributed by atoms with E-state index < -0.39 is 17.5 Å². The number of aromatic nitrogens is 2. The van der Waals surface area contributed by atoms with Crippen LogP contribution in [0.3, 0.4) is 0 Å². The summed E-state index contributed by atoms with van der Waals surface area (Å²) in [4.78, 5) is 20.1. The van der Waals surface area contributed by atoms with E-state index in [-0.39, 0.29) is 17.2 Å². The van der Waals surface area contributed by atoms with Gasteiger partial charge in [0.15, 0.2) is 0 Å². The molecule has 0 fully saturated rings. The van der Waals surface area contributed by atoms with Crippen LogP contribution in [0.5, 0.6) is 0 Å². The number of rotatable bonds is 6. The fourth-order valence-electron chi connectivity index (χ4n) is 1.83. The zero-order valence-electron chi connectivity index (χ0n) is 12.7. The standard InChI is InChI=1S/C15H16F2N4O2/c1-9-19-13(15(22)18-5-6-23-2)8-14(20-9)21-12-4-3-10(16)7-11(12)17/h3-4,7-8H,5-6H2,1-2H3,(H,18,22)(H,19,20,21). The second-order valence-electron chi connectivity index (χ2n) is 4.68. The number of benzene rings is 1. The van der Waals surface area contributed by atoms with Crippen LogP contribution in [-0.2, 0) is 4.74 Å². The van der Waals surface area contributed by atoms with Gasteiger partial charge in [-0.1, -0.05) is 0 Å². The van der Waals surface area contributed by atoms with Crippen molar-refractivity contribution in [1.82, 2.24) is 15.3 Å². The van der Waals surface area contributed by atoms with Gasteiger partial charge in [-0.15, -0.1) is 0 Å². The van der Waals surface area contributed by atoms with Crippen molar-refractivity contribution in [2.75, 3.05) is 25.6 Å². The molecule has 23 heavy (non-hydrogen) atoms. The van der Waals surface area contributed by atoms with Gasteiger partial charge in [0, 0.05) is 25.8 Å². The summed E-state index contributed by atoms with van der Waals surface area (Å²) in [6, 6.07) is 4.52. The molecule has 0 unspecified atom stereocenters. The molecule has 0 bridgehead atoms. The lowest BCUT2D eigenvalue weighted by molar-refractivity contribution is 0.0931. The Hall–Kier alpha value is -2.61. The van der Waals surface area contributed by atoms with E-state index in [0.717, 1.165) is 12.1 Å². The zero-order chi connectivity index (χ0) is 16.8. The van der Waals surface area contributed by atoms with Gasteiger partial charge in [-0.05, 0) is 19.1 Å². The fourth-order valence-corrected chi connectivity index (χ4v) is 1.83. The second kappa shape index (κ2) is 7.59. The molecule has 0 aliphatic heterocycles. The number of nitrogens with one attached hydrogen (secondary N) is 2. The molecule has 1 aromatic heterocycles. The molecule has 0 radical (unpaired) electrons. The Balaban J connectivity index is 2.18. The summed E-state index contributed by atoms with van der Waals surface area (Å²) in [7, 11) is 1.53. The summed E-state index contributed by atoms with van der Waals surface area (Å²) < 4.78 is 31.4. The normalized spacial score (nSPS) is 10.4. The number of methoxy groups -OCH3 is 1. The van der Waals surface area contributed by atoms with Crippen LogP contribution in [0.25, 0.3) is 0 Å². The maximum atomic E-state index is 13.7. The molecule has 0 saturated carbocycles. The van der Waals surface area contributed by atoms with Crippen molar-refractivity contribution in [3.8, 4) is 0 Å². The van der Waals surface area contributed by atoms with E-state index >= 15 is 0 Å². The largest absolute Gasteiger partial charge is 0.383 e. The molecular weight excluding hydrogens is 306 g/mol. The molecule has 1 aromatic carbocycles. The molecule has 0 atom stereocenters. The number of ether oxygens (including phenoxy) is 1. The minimum atomic E-state index is -0.757. The van der Waals surface area contributed by atoms with Gasteiger partial charge >= 0.3 is 0 Å². The van der Waals surface area contributed by atoms with Gasteiger partial charge in [-0.2, -0.15) is 0 Å². The van der Waals surface area contributed by atoms with E-state index in [1.807, 2.05) is 0 Å². The molecule has 8 heteroatoms. The van der Waals surface area contributed by atoms with Gasteiger partial charge in [-0.25, -0.2) is 18.7 Å². The van der Waals surface area contributed by atoms with Crippen LogP contribution in [-0.4, -0.2) is 36.1 Å². The molecule has 2 aromatic rings. The number of halogens is 2. The zero-order valence-corrected chi connectivity index (χ0v) is 12.7. The predicted octanol–water partition coefficient (Wildman–Crippen LogP) is 2.18. The molecule has 1 heterocycles. The Morgan fingerprint density at radius 3 is 2.74 bits per heavy atom. The highest BCUT2D eigenvalue weighted by molar-refractivity contribution is 5.93. The molecule has 0 aliphatic rings. The van der Waals surface area contributed by atoms with Gasteiger partial charge in [0.1, 0.15) is 29.0 Å². The number of aryl methyl sites for hydroxylation is 1. The lowest BCUT2D eigenvalue weighted by Crippen LogP contribution is -2.28. The van der Waals surface area contributed by atoms with Gasteiger partial charge in [0.05, 0.1) is 12.3 Å². The van der Waals surface area contributed by atoms with E-state index in [2.05, 4.69) is 20.6 Å². The Morgan fingerprint density at radius 1 is 1.26 bits per heavy atom. The summed E-state index contributed by atoms with van der Waals surface area (Å²) in [5, 5.41) is 5.34. The van der Waals surface area contributed by atoms with E-state index in [9.17, 15) is 13.6 Å². The van der Waals surface area contributed by atoms with Crippen molar-refractivity contribution < 1.29 is 18.3 Å². The Labute approximate surface area is 131 Å². The van der Waals surface area contributed by atoms with Gasteiger partial charge in [-0.3, -0.25) is 4.79 Å². The third-order valence-electron chi connectivity index (χ3n) is 2.86. The number of hydrogen-bond donors (Lipinski definition) is 2. The average Bonchev–Trinajstić information content (AvgIpc) is 2.50. The van der Waals surface area contributed by atoms with Crippen LogP contribution >= 0.6 is 0 Å².